The van der Waals surface area contributed by atoms with E-state index in [9.17, 15) is 9.59 Å². The van der Waals surface area contributed by atoms with Gasteiger partial charge in [0.2, 0.25) is 18.6 Å². The standard InChI is InChI=1S/C26H28N2O4/c29-25-6-3-15-27(25)22-11-7-19(8-12-22)10-14-26(30)28(21-4-1-2-5-21)17-20-9-13-23-24(16-20)32-18-31-23/h7-14,16,21H,1-6,15,17-18H2/b14-10+. The van der Waals surface area contributed by atoms with E-state index in [0.29, 0.717) is 13.0 Å². The van der Waals surface area contributed by atoms with Gasteiger partial charge in [-0.3, -0.25) is 9.59 Å². The molecule has 2 aromatic rings. The highest BCUT2D eigenvalue weighted by Crippen LogP contribution is 2.34. The van der Waals surface area contributed by atoms with Crippen LogP contribution in [0, 0.1) is 0 Å². The van der Waals surface area contributed by atoms with E-state index >= 15 is 0 Å². The third kappa shape index (κ3) is 4.35. The number of fused-ring (bicyclic) bond motifs is 1. The summed E-state index contributed by atoms with van der Waals surface area (Å²) >= 11 is 0. The smallest absolute Gasteiger partial charge is 0.247 e. The van der Waals surface area contributed by atoms with Crippen LogP contribution >= 0.6 is 0 Å². The van der Waals surface area contributed by atoms with Crippen LogP contribution in [-0.4, -0.2) is 36.1 Å². The van der Waals surface area contributed by atoms with Gasteiger partial charge in [-0.25, -0.2) is 0 Å². The largest absolute Gasteiger partial charge is 0.454 e. The molecule has 2 aliphatic heterocycles. The summed E-state index contributed by atoms with van der Waals surface area (Å²) in [6.07, 6.45) is 9.48. The summed E-state index contributed by atoms with van der Waals surface area (Å²) in [6.45, 7) is 1.58. The average Bonchev–Trinajstić information content (AvgIpc) is 3.58. The summed E-state index contributed by atoms with van der Waals surface area (Å²) in [5, 5.41) is 0. The van der Waals surface area contributed by atoms with Crippen LogP contribution in [-0.2, 0) is 16.1 Å². The molecule has 3 aliphatic rings. The Labute approximate surface area is 188 Å². The third-order valence-electron chi connectivity index (χ3n) is 6.53. The van der Waals surface area contributed by atoms with Crippen molar-refractivity contribution in [3.63, 3.8) is 0 Å². The van der Waals surface area contributed by atoms with Crippen molar-refractivity contribution < 1.29 is 19.1 Å². The van der Waals surface area contributed by atoms with Gasteiger partial charge in [-0.1, -0.05) is 31.0 Å². The van der Waals surface area contributed by atoms with Gasteiger partial charge in [0, 0.05) is 37.3 Å². The van der Waals surface area contributed by atoms with E-state index in [-0.39, 0.29) is 24.6 Å². The summed E-state index contributed by atoms with van der Waals surface area (Å²) in [7, 11) is 0. The summed E-state index contributed by atoms with van der Waals surface area (Å²) in [4.78, 5) is 28.9. The van der Waals surface area contributed by atoms with Crippen molar-refractivity contribution in [2.75, 3.05) is 18.2 Å². The van der Waals surface area contributed by atoms with Gasteiger partial charge in [0.05, 0.1) is 0 Å². The minimum Gasteiger partial charge on any atom is -0.454 e. The molecule has 1 aliphatic carbocycles. The van der Waals surface area contributed by atoms with Gasteiger partial charge >= 0.3 is 0 Å². The van der Waals surface area contributed by atoms with Gasteiger partial charge in [-0.05, 0) is 60.7 Å². The van der Waals surface area contributed by atoms with Gasteiger partial charge < -0.3 is 19.3 Å². The third-order valence-corrected chi connectivity index (χ3v) is 6.53. The number of hydrogen-bond acceptors (Lipinski definition) is 4. The van der Waals surface area contributed by atoms with Crippen molar-refractivity contribution in [1.29, 1.82) is 0 Å². The molecule has 32 heavy (non-hydrogen) atoms. The fourth-order valence-electron chi connectivity index (χ4n) is 4.79. The van der Waals surface area contributed by atoms with E-state index in [1.165, 1.54) is 0 Å². The fraction of sp³-hybridized carbons (Fsp3) is 0.385. The normalized spacial score (nSPS) is 18.1. The van der Waals surface area contributed by atoms with E-state index in [1.807, 2.05) is 58.3 Å². The first-order valence-corrected chi connectivity index (χ1v) is 11.4. The van der Waals surface area contributed by atoms with Crippen LogP contribution in [0.25, 0.3) is 6.08 Å². The Balaban J connectivity index is 1.29. The highest BCUT2D eigenvalue weighted by atomic mass is 16.7. The second kappa shape index (κ2) is 9.07. The molecule has 0 radical (unpaired) electrons. The van der Waals surface area contributed by atoms with Crippen molar-refractivity contribution in [3.8, 4) is 11.5 Å². The van der Waals surface area contributed by atoms with Crippen molar-refractivity contribution >= 4 is 23.6 Å². The van der Waals surface area contributed by atoms with Gasteiger partial charge in [-0.2, -0.15) is 0 Å². The molecular formula is C26H28N2O4. The van der Waals surface area contributed by atoms with Gasteiger partial charge in [0.1, 0.15) is 0 Å². The molecule has 2 fully saturated rings. The predicted molar refractivity (Wildman–Crippen MR) is 122 cm³/mol. The lowest BCUT2D eigenvalue weighted by atomic mass is 10.1. The minimum absolute atomic E-state index is 0.0216. The van der Waals surface area contributed by atoms with Crippen molar-refractivity contribution in [2.45, 2.75) is 51.1 Å². The highest BCUT2D eigenvalue weighted by molar-refractivity contribution is 5.95. The van der Waals surface area contributed by atoms with Crippen LogP contribution in [0.2, 0.25) is 0 Å². The number of rotatable bonds is 6. The molecule has 6 heteroatoms. The topological polar surface area (TPSA) is 59.1 Å². The first-order valence-electron chi connectivity index (χ1n) is 11.4. The maximum absolute atomic E-state index is 13.2. The Morgan fingerprint density at radius 1 is 1.03 bits per heavy atom. The molecule has 6 nitrogen and oxygen atoms in total. The number of benzene rings is 2. The summed E-state index contributed by atoms with van der Waals surface area (Å²) in [6, 6.07) is 14.0. The summed E-state index contributed by atoms with van der Waals surface area (Å²) < 4.78 is 10.9. The van der Waals surface area contributed by atoms with Crippen molar-refractivity contribution in [2.24, 2.45) is 0 Å². The maximum Gasteiger partial charge on any atom is 0.247 e. The number of hydrogen-bond donors (Lipinski definition) is 0. The number of ether oxygens (including phenoxy) is 2. The second-order valence-corrected chi connectivity index (χ2v) is 8.67. The Morgan fingerprint density at radius 2 is 1.81 bits per heavy atom. The fourth-order valence-corrected chi connectivity index (χ4v) is 4.79. The van der Waals surface area contributed by atoms with Gasteiger partial charge in [0.25, 0.3) is 0 Å². The quantitative estimate of drug-likeness (QED) is 0.630. The van der Waals surface area contributed by atoms with E-state index in [0.717, 1.165) is 67.0 Å². The number of amides is 2. The van der Waals surface area contributed by atoms with Crippen LogP contribution in [0.1, 0.15) is 49.7 Å². The molecule has 0 atom stereocenters. The van der Waals surface area contributed by atoms with Crippen LogP contribution in [0.15, 0.2) is 48.5 Å². The molecule has 1 saturated carbocycles. The highest BCUT2D eigenvalue weighted by Gasteiger charge is 2.26. The average molecular weight is 433 g/mol. The lowest BCUT2D eigenvalue weighted by Crippen LogP contribution is -2.37. The molecule has 0 unspecified atom stereocenters. The summed E-state index contributed by atoms with van der Waals surface area (Å²) in [5.74, 6) is 1.70. The zero-order valence-electron chi connectivity index (χ0n) is 18.2. The van der Waals surface area contributed by atoms with Crippen molar-refractivity contribution in [3.05, 3.63) is 59.7 Å². The molecule has 1 saturated heterocycles. The summed E-state index contributed by atoms with van der Waals surface area (Å²) in [5.41, 5.74) is 2.91. The zero-order valence-corrected chi connectivity index (χ0v) is 18.2. The Bertz CT molecular complexity index is 1020. The minimum atomic E-state index is 0.0216. The van der Waals surface area contributed by atoms with Gasteiger partial charge in [0.15, 0.2) is 11.5 Å². The van der Waals surface area contributed by atoms with Crippen LogP contribution in [0.4, 0.5) is 5.69 Å². The molecule has 2 heterocycles. The first kappa shape index (κ1) is 20.6. The molecule has 0 aromatic heterocycles. The molecule has 2 aromatic carbocycles. The number of anilines is 1. The van der Waals surface area contributed by atoms with Crippen LogP contribution < -0.4 is 14.4 Å². The Kier molecular flexibility index (Phi) is 5.84. The molecule has 0 spiro atoms. The maximum atomic E-state index is 13.2. The number of nitrogens with zero attached hydrogens (tertiary/aromatic N) is 2. The van der Waals surface area contributed by atoms with Crippen LogP contribution in [0.3, 0.4) is 0 Å². The molecular weight excluding hydrogens is 404 g/mol. The number of carbonyl (C=O) groups excluding carboxylic acids is 2. The van der Waals surface area contributed by atoms with Crippen LogP contribution in [0.5, 0.6) is 11.5 Å². The predicted octanol–water partition coefficient (Wildman–Crippen LogP) is 4.53. The Hall–Kier alpha value is -3.28. The number of carbonyl (C=O) groups is 2. The van der Waals surface area contributed by atoms with Gasteiger partial charge in [-0.15, -0.1) is 0 Å². The monoisotopic (exact) mass is 432 g/mol. The Morgan fingerprint density at radius 3 is 2.56 bits per heavy atom. The molecule has 0 N–H and O–H groups in total. The zero-order chi connectivity index (χ0) is 21.9. The van der Waals surface area contributed by atoms with E-state index < -0.39 is 0 Å². The van der Waals surface area contributed by atoms with Crippen molar-refractivity contribution in [1.82, 2.24) is 4.90 Å². The lowest BCUT2D eigenvalue weighted by molar-refractivity contribution is -0.128. The molecule has 0 bridgehead atoms. The van der Waals surface area contributed by atoms with E-state index in [4.69, 9.17) is 9.47 Å². The SMILES string of the molecule is O=C1CCCN1c1ccc(/C=C/C(=O)N(Cc2ccc3c(c2)OCO3)C2CCCC2)cc1. The van der Waals surface area contributed by atoms with E-state index in [2.05, 4.69) is 0 Å². The molecule has 5 rings (SSSR count). The first-order chi connectivity index (χ1) is 15.7. The van der Waals surface area contributed by atoms with E-state index in [1.54, 1.807) is 6.08 Å². The second-order valence-electron chi connectivity index (χ2n) is 8.67. The lowest BCUT2D eigenvalue weighted by Gasteiger charge is -2.28. The molecule has 166 valence electrons. The molecule has 2 amide bonds.